The van der Waals surface area contributed by atoms with Gasteiger partial charge in [0.25, 0.3) is 0 Å². The van der Waals surface area contributed by atoms with E-state index in [0.29, 0.717) is 4.47 Å². The number of ether oxygens (including phenoxy) is 1. The average molecular weight is 239 g/mol. The minimum atomic E-state index is -0.458. The van der Waals surface area contributed by atoms with Crippen LogP contribution < -0.4 is 4.74 Å². The Labute approximate surface area is 77.2 Å². The molecule has 0 amide bonds. The second-order valence-corrected chi connectivity index (χ2v) is 3.11. The molecule has 0 bridgehead atoms. The summed E-state index contributed by atoms with van der Waals surface area (Å²) in [5.41, 5.74) is 0. The lowest BCUT2D eigenvalue weighted by Crippen LogP contribution is -1.88. The minimum Gasteiger partial charge on any atom is -0.492 e. The number of hydrogen-bond donors (Lipinski definition) is 0. The van der Waals surface area contributed by atoms with Crippen LogP contribution in [-0.2, 0) is 0 Å². The van der Waals surface area contributed by atoms with Crippen LogP contribution in [0, 0.1) is 5.82 Å². The highest BCUT2D eigenvalue weighted by Gasteiger charge is 2.09. The van der Waals surface area contributed by atoms with E-state index in [-0.39, 0.29) is 10.8 Å². The number of benzene rings is 1. The second-order valence-electron chi connectivity index (χ2n) is 1.88. The van der Waals surface area contributed by atoms with Crippen LogP contribution >= 0.6 is 27.5 Å². The molecule has 1 rings (SSSR count). The summed E-state index contributed by atoms with van der Waals surface area (Å²) >= 11 is 8.83. The van der Waals surface area contributed by atoms with Crippen molar-refractivity contribution in [3.63, 3.8) is 0 Å². The second kappa shape index (κ2) is 3.41. The first-order valence-electron chi connectivity index (χ1n) is 2.84. The van der Waals surface area contributed by atoms with Gasteiger partial charge in [-0.3, -0.25) is 0 Å². The van der Waals surface area contributed by atoms with Gasteiger partial charge in [-0.25, -0.2) is 4.39 Å². The number of halogens is 3. The van der Waals surface area contributed by atoms with Crippen LogP contribution in [0.3, 0.4) is 0 Å². The maximum Gasteiger partial charge on any atom is 0.174 e. The summed E-state index contributed by atoms with van der Waals surface area (Å²) in [6.45, 7) is 0. The zero-order valence-electron chi connectivity index (χ0n) is 5.70. The van der Waals surface area contributed by atoms with Crippen LogP contribution in [0.1, 0.15) is 0 Å². The highest BCUT2D eigenvalue weighted by molar-refractivity contribution is 9.10. The molecule has 0 aliphatic rings. The van der Waals surface area contributed by atoms with E-state index in [1.165, 1.54) is 19.2 Å². The van der Waals surface area contributed by atoms with Gasteiger partial charge in [0.05, 0.1) is 12.1 Å². The molecule has 0 aliphatic heterocycles. The van der Waals surface area contributed by atoms with Gasteiger partial charge in [0.1, 0.15) is 0 Å². The Bertz CT molecular complexity index is 277. The van der Waals surface area contributed by atoms with Crippen molar-refractivity contribution in [3.8, 4) is 5.75 Å². The first kappa shape index (κ1) is 8.81. The smallest absolute Gasteiger partial charge is 0.174 e. The first-order chi connectivity index (χ1) is 5.16. The maximum atomic E-state index is 12.8. The Morgan fingerprint density at radius 3 is 2.64 bits per heavy atom. The normalized spacial score (nSPS) is 9.82. The fourth-order valence-corrected chi connectivity index (χ4v) is 1.24. The van der Waals surface area contributed by atoms with Crippen molar-refractivity contribution in [2.45, 2.75) is 0 Å². The van der Waals surface area contributed by atoms with E-state index < -0.39 is 5.82 Å². The van der Waals surface area contributed by atoms with Gasteiger partial charge in [-0.2, -0.15) is 0 Å². The zero-order valence-corrected chi connectivity index (χ0v) is 8.04. The molecule has 0 atom stereocenters. The highest BCUT2D eigenvalue weighted by atomic mass is 79.9. The molecule has 0 heterocycles. The first-order valence-corrected chi connectivity index (χ1v) is 4.01. The molecule has 1 aromatic rings. The molecule has 60 valence electrons. The molecule has 0 fully saturated rings. The van der Waals surface area contributed by atoms with E-state index in [1.54, 1.807) is 0 Å². The van der Waals surface area contributed by atoms with E-state index in [1.807, 2.05) is 0 Å². The Balaban J connectivity index is 3.29. The van der Waals surface area contributed by atoms with E-state index >= 15 is 0 Å². The topological polar surface area (TPSA) is 9.23 Å². The largest absolute Gasteiger partial charge is 0.492 e. The molecule has 1 nitrogen and oxygen atoms in total. The molecule has 0 N–H and O–H groups in total. The molecular weight excluding hydrogens is 234 g/mol. The van der Waals surface area contributed by atoms with Crippen molar-refractivity contribution in [1.29, 1.82) is 0 Å². The number of rotatable bonds is 1. The lowest BCUT2D eigenvalue weighted by atomic mass is 10.3. The van der Waals surface area contributed by atoms with Crippen LogP contribution in [0.25, 0.3) is 0 Å². The minimum absolute atomic E-state index is 0.0704. The summed E-state index contributed by atoms with van der Waals surface area (Å²) in [6.07, 6.45) is 0. The van der Waals surface area contributed by atoms with E-state index in [9.17, 15) is 4.39 Å². The Morgan fingerprint density at radius 1 is 1.55 bits per heavy atom. The Hall–Kier alpha value is -0.280. The molecule has 0 spiro atoms. The molecule has 0 radical (unpaired) electrons. The van der Waals surface area contributed by atoms with Gasteiger partial charge < -0.3 is 4.74 Å². The van der Waals surface area contributed by atoms with Gasteiger partial charge in [0.2, 0.25) is 0 Å². The van der Waals surface area contributed by atoms with Crippen LogP contribution in [0.2, 0.25) is 5.02 Å². The summed E-state index contributed by atoms with van der Waals surface area (Å²) in [4.78, 5) is 0. The monoisotopic (exact) mass is 238 g/mol. The molecule has 0 saturated carbocycles. The fraction of sp³-hybridized carbons (Fsp3) is 0.143. The lowest BCUT2D eigenvalue weighted by Gasteiger charge is -2.04. The van der Waals surface area contributed by atoms with Crippen LogP contribution in [0.4, 0.5) is 4.39 Å². The summed E-state index contributed by atoms with van der Waals surface area (Å²) in [5, 5.41) is 0.257. The van der Waals surface area contributed by atoms with Gasteiger partial charge in [-0.05, 0) is 28.1 Å². The van der Waals surface area contributed by atoms with Crippen molar-refractivity contribution < 1.29 is 9.13 Å². The maximum absolute atomic E-state index is 12.8. The van der Waals surface area contributed by atoms with Crippen LogP contribution in [-0.4, -0.2) is 7.11 Å². The third kappa shape index (κ3) is 1.65. The fourth-order valence-electron chi connectivity index (χ4n) is 0.696. The van der Waals surface area contributed by atoms with Crippen molar-refractivity contribution >= 4 is 27.5 Å². The Morgan fingerprint density at radius 2 is 2.18 bits per heavy atom. The van der Waals surface area contributed by atoms with Crippen LogP contribution in [0.5, 0.6) is 5.75 Å². The van der Waals surface area contributed by atoms with Crippen LogP contribution in [0.15, 0.2) is 16.6 Å². The van der Waals surface area contributed by atoms with Gasteiger partial charge in [-0.1, -0.05) is 11.6 Å². The SMILES string of the molecule is COc1c(F)ccc(Br)c1Cl. The van der Waals surface area contributed by atoms with Gasteiger partial charge in [-0.15, -0.1) is 0 Å². The summed E-state index contributed by atoms with van der Waals surface area (Å²) in [6, 6.07) is 2.81. The Kier molecular flexibility index (Phi) is 2.73. The highest BCUT2D eigenvalue weighted by Crippen LogP contribution is 2.33. The van der Waals surface area contributed by atoms with E-state index in [4.69, 9.17) is 16.3 Å². The van der Waals surface area contributed by atoms with Crippen molar-refractivity contribution in [2.75, 3.05) is 7.11 Å². The average Bonchev–Trinajstić information content (AvgIpc) is 1.99. The van der Waals surface area contributed by atoms with Crippen molar-refractivity contribution in [1.82, 2.24) is 0 Å². The quantitative estimate of drug-likeness (QED) is 0.684. The summed E-state index contributed by atoms with van der Waals surface area (Å²) in [7, 11) is 1.37. The van der Waals surface area contributed by atoms with Gasteiger partial charge in [0.15, 0.2) is 11.6 Å². The molecule has 0 aromatic heterocycles. The summed E-state index contributed by atoms with van der Waals surface area (Å²) < 4.78 is 18.1. The van der Waals surface area contributed by atoms with E-state index in [2.05, 4.69) is 15.9 Å². The number of hydrogen-bond acceptors (Lipinski definition) is 1. The predicted octanol–water partition coefficient (Wildman–Crippen LogP) is 3.25. The van der Waals surface area contributed by atoms with Gasteiger partial charge >= 0.3 is 0 Å². The lowest BCUT2D eigenvalue weighted by molar-refractivity contribution is 0.386. The standard InChI is InChI=1S/C7H5BrClFO/c1-11-7-5(10)3-2-4(8)6(7)9/h2-3H,1H3. The predicted molar refractivity (Wildman–Crippen MR) is 45.7 cm³/mol. The molecular formula is C7H5BrClFO. The molecule has 11 heavy (non-hydrogen) atoms. The molecule has 1 aromatic carbocycles. The number of methoxy groups -OCH3 is 1. The zero-order chi connectivity index (χ0) is 8.43. The summed E-state index contributed by atoms with van der Waals surface area (Å²) in [5.74, 6) is -0.387. The third-order valence-electron chi connectivity index (χ3n) is 1.21. The molecule has 0 saturated heterocycles. The van der Waals surface area contributed by atoms with Crippen molar-refractivity contribution in [2.24, 2.45) is 0 Å². The van der Waals surface area contributed by atoms with Gasteiger partial charge in [0, 0.05) is 4.47 Å². The van der Waals surface area contributed by atoms with Crippen molar-refractivity contribution in [3.05, 3.63) is 27.4 Å². The third-order valence-corrected chi connectivity index (χ3v) is 2.47. The molecule has 0 aliphatic carbocycles. The van der Waals surface area contributed by atoms with E-state index in [0.717, 1.165) is 0 Å². The molecule has 0 unspecified atom stereocenters. The molecule has 4 heteroatoms.